The normalized spacial score (nSPS) is 11.8. The molecule has 0 radical (unpaired) electrons. The highest BCUT2D eigenvalue weighted by atomic mass is 16.5. The Morgan fingerprint density at radius 2 is 2.17 bits per heavy atom. The summed E-state index contributed by atoms with van der Waals surface area (Å²) in [6, 6.07) is 5.39. The van der Waals surface area contributed by atoms with Gasteiger partial charge in [0.05, 0.1) is 7.11 Å². The third kappa shape index (κ3) is 3.37. The monoisotopic (exact) mass is 251 g/mol. The number of methoxy groups -OCH3 is 1. The van der Waals surface area contributed by atoms with Crippen LogP contribution in [0, 0.1) is 6.92 Å². The number of hydrogen-bond acceptors (Lipinski definition) is 5. The first-order chi connectivity index (χ1) is 8.49. The molecule has 0 spiro atoms. The average Bonchev–Trinajstić information content (AvgIpc) is 2.36. The van der Waals surface area contributed by atoms with Crippen molar-refractivity contribution in [1.29, 1.82) is 0 Å². The number of nitrogens with one attached hydrogen (secondary N) is 1. The van der Waals surface area contributed by atoms with Gasteiger partial charge in [0.15, 0.2) is 0 Å². The highest BCUT2D eigenvalue weighted by Gasteiger charge is 2.17. The second kappa shape index (κ2) is 6.26. The molecule has 1 atom stereocenters. The van der Waals surface area contributed by atoms with Gasteiger partial charge in [-0.3, -0.25) is 0 Å². The summed E-state index contributed by atoms with van der Waals surface area (Å²) in [6.45, 7) is 2.23. The van der Waals surface area contributed by atoms with E-state index in [9.17, 15) is 4.79 Å². The van der Waals surface area contributed by atoms with Crippen molar-refractivity contribution in [2.24, 2.45) is 5.73 Å². The number of ether oxygens (including phenoxy) is 1. The molecule has 5 nitrogen and oxygen atoms in total. The highest BCUT2D eigenvalue weighted by molar-refractivity contribution is 5.80. The van der Waals surface area contributed by atoms with Gasteiger partial charge in [-0.2, -0.15) is 0 Å². The fourth-order valence-electron chi connectivity index (χ4n) is 1.74. The summed E-state index contributed by atoms with van der Waals surface area (Å²) in [4.78, 5) is 13.5. The van der Waals surface area contributed by atoms with Crippen molar-refractivity contribution in [3.63, 3.8) is 0 Å². The van der Waals surface area contributed by atoms with Gasteiger partial charge in [0.1, 0.15) is 6.04 Å². The van der Waals surface area contributed by atoms with Crippen LogP contribution in [0.1, 0.15) is 5.56 Å². The quantitative estimate of drug-likeness (QED) is 0.763. The maximum atomic E-state index is 11.5. The van der Waals surface area contributed by atoms with Gasteiger partial charge in [-0.1, -0.05) is 6.07 Å². The van der Waals surface area contributed by atoms with Crippen LogP contribution in [0.15, 0.2) is 18.2 Å². The maximum Gasteiger partial charge on any atom is 0.329 e. The molecule has 1 aromatic carbocycles. The SMILES string of the molecule is COC(=O)C(CN)Nc1ccc(C)c(N(C)C)c1. The summed E-state index contributed by atoms with van der Waals surface area (Å²) in [7, 11) is 5.31. The Balaban J connectivity index is 2.90. The molecule has 0 saturated carbocycles. The molecule has 100 valence electrons. The van der Waals surface area contributed by atoms with Crippen LogP contribution in [-0.2, 0) is 9.53 Å². The molecule has 1 unspecified atom stereocenters. The summed E-state index contributed by atoms with van der Waals surface area (Å²) in [5.74, 6) is -0.357. The van der Waals surface area contributed by atoms with Gasteiger partial charge >= 0.3 is 5.97 Å². The molecule has 0 heterocycles. The van der Waals surface area contributed by atoms with Crippen molar-refractivity contribution in [3.05, 3.63) is 23.8 Å². The standard InChI is InChI=1S/C13H21N3O2/c1-9-5-6-10(7-12(9)16(2)3)15-11(8-14)13(17)18-4/h5-7,11,15H,8,14H2,1-4H3. The van der Waals surface area contributed by atoms with E-state index in [2.05, 4.69) is 10.1 Å². The van der Waals surface area contributed by atoms with Crippen molar-refractivity contribution < 1.29 is 9.53 Å². The second-order valence-corrected chi connectivity index (χ2v) is 4.35. The Morgan fingerprint density at radius 3 is 2.67 bits per heavy atom. The number of nitrogens with two attached hydrogens (primary N) is 1. The Morgan fingerprint density at radius 1 is 1.50 bits per heavy atom. The Kier molecular flexibility index (Phi) is 4.97. The Labute approximate surface area is 108 Å². The predicted molar refractivity (Wildman–Crippen MR) is 74.0 cm³/mol. The van der Waals surface area contributed by atoms with Gasteiger partial charge in [-0.15, -0.1) is 0 Å². The number of benzene rings is 1. The largest absolute Gasteiger partial charge is 0.467 e. The molecule has 0 aliphatic carbocycles. The summed E-state index contributed by atoms with van der Waals surface area (Å²) >= 11 is 0. The van der Waals surface area contributed by atoms with E-state index < -0.39 is 6.04 Å². The van der Waals surface area contributed by atoms with E-state index in [-0.39, 0.29) is 12.5 Å². The van der Waals surface area contributed by atoms with Crippen LogP contribution in [0.25, 0.3) is 0 Å². The molecule has 0 aliphatic rings. The molecule has 0 saturated heterocycles. The molecule has 0 aliphatic heterocycles. The van der Waals surface area contributed by atoms with Gasteiger partial charge in [-0.05, 0) is 24.6 Å². The Hall–Kier alpha value is -1.75. The minimum absolute atomic E-state index is 0.192. The summed E-state index contributed by atoms with van der Waals surface area (Å²) in [6.07, 6.45) is 0. The molecule has 3 N–H and O–H groups in total. The number of rotatable bonds is 5. The number of anilines is 2. The van der Waals surface area contributed by atoms with Crippen LogP contribution in [0.2, 0.25) is 0 Å². The van der Waals surface area contributed by atoms with Crippen LogP contribution >= 0.6 is 0 Å². The van der Waals surface area contributed by atoms with E-state index in [1.165, 1.54) is 12.7 Å². The summed E-state index contributed by atoms with van der Waals surface area (Å²) in [5.41, 5.74) is 8.67. The van der Waals surface area contributed by atoms with Crippen LogP contribution < -0.4 is 16.0 Å². The molecule has 1 rings (SSSR count). The minimum Gasteiger partial charge on any atom is -0.467 e. The second-order valence-electron chi connectivity index (χ2n) is 4.35. The molecular formula is C13H21N3O2. The zero-order valence-electron chi connectivity index (χ0n) is 11.4. The topological polar surface area (TPSA) is 67.6 Å². The van der Waals surface area contributed by atoms with E-state index in [0.717, 1.165) is 11.4 Å². The number of esters is 1. The molecule has 0 bridgehead atoms. The first-order valence-corrected chi connectivity index (χ1v) is 5.82. The number of hydrogen-bond donors (Lipinski definition) is 2. The molecule has 0 fully saturated rings. The van der Waals surface area contributed by atoms with Gasteiger partial charge in [0.2, 0.25) is 0 Å². The van der Waals surface area contributed by atoms with Gasteiger partial charge in [0.25, 0.3) is 0 Å². The first-order valence-electron chi connectivity index (χ1n) is 5.82. The van der Waals surface area contributed by atoms with Crippen molar-refractivity contribution in [3.8, 4) is 0 Å². The molecule has 0 amide bonds. The smallest absolute Gasteiger partial charge is 0.329 e. The lowest BCUT2D eigenvalue weighted by Crippen LogP contribution is -2.37. The van der Waals surface area contributed by atoms with Crippen LogP contribution in [-0.4, -0.2) is 39.8 Å². The van der Waals surface area contributed by atoms with Gasteiger partial charge in [0, 0.05) is 32.0 Å². The molecule has 18 heavy (non-hydrogen) atoms. The van der Waals surface area contributed by atoms with E-state index in [1.54, 1.807) is 0 Å². The molecular weight excluding hydrogens is 230 g/mol. The van der Waals surface area contributed by atoms with E-state index in [4.69, 9.17) is 5.73 Å². The fraction of sp³-hybridized carbons (Fsp3) is 0.462. The van der Waals surface area contributed by atoms with Crippen LogP contribution in [0.5, 0.6) is 0 Å². The van der Waals surface area contributed by atoms with Crippen LogP contribution in [0.4, 0.5) is 11.4 Å². The van der Waals surface area contributed by atoms with Crippen molar-refractivity contribution in [2.45, 2.75) is 13.0 Å². The summed E-state index contributed by atoms with van der Waals surface area (Å²) < 4.78 is 4.69. The van der Waals surface area contributed by atoms with Gasteiger partial charge in [-0.25, -0.2) is 4.79 Å². The molecule has 1 aromatic rings. The number of aryl methyl sites for hydroxylation is 1. The van der Waals surface area contributed by atoms with Crippen molar-refractivity contribution >= 4 is 17.3 Å². The average molecular weight is 251 g/mol. The predicted octanol–water partition coefficient (Wildman–Crippen LogP) is 0.973. The van der Waals surface area contributed by atoms with Crippen molar-refractivity contribution in [2.75, 3.05) is 38.0 Å². The zero-order valence-corrected chi connectivity index (χ0v) is 11.4. The van der Waals surface area contributed by atoms with Crippen molar-refractivity contribution in [1.82, 2.24) is 0 Å². The van der Waals surface area contributed by atoms with E-state index >= 15 is 0 Å². The number of nitrogens with zero attached hydrogens (tertiary/aromatic N) is 1. The third-order valence-electron chi connectivity index (χ3n) is 2.75. The van der Waals surface area contributed by atoms with E-state index in [1.807, 2.05) is 44.1 Å². The van der Waals surface area contributed by atoms with Crippen LogP contribution in [0.3, 0.4) is 0 Å². The Bertz CT molecular complexity index is 419. The number of carbonyl (C=O) groups is 1. The fourth-order valence-corrected chi connectivity index (χ4v) is 1.74. The summed E-state index contributed by atoms with van der Waals surface area (Å²) in [5, 5.41) is 3.08. The van der Waals surface area contributed by atoms with E-state index in [0.29, 0.717) is 0 Å². The maximum absolute atomic E-state index is 11.5. The lowest BCUT2D eigenvalue weighted by atomic mass is 10.1. The lowest BCUT2D eigenvalue weighted by Gasteiger charge is -2.20. The number of carbonyl (C=O) groups excluding carboxylic acids is 1. The zero-order chi connectivity index (χ0) is 13.7. The highest BCUT2D eigenvalue weighted by Crippen LogP contribution is 2.22. The minimum atomic E-state index is -0.521. The molecule has 5 heteroatoms. The first kappa shape index (κ1) is 14.3. The van der Waals surface area contributed by atoms with Gasteiger partial charge < -0.3 is 20.7 Å². The third-order valence-corrected chi connectivity index (χ3v) is 2.75. The lowest BCUT2D eigenvalue weighted by molar-refractivity contribution is -0.141. The molecule has 0 aromatic heterocycles.